The molecule has 0 atom stereocenters. The van der Waals surface area contributed by atoms with Crippen LogP contribution in [0, 0.1) is 0 Å². The maximum atomic E-state index is 8.56. The summed E-state index contributed by atoms with van der Waals surface area (Å²) in [5, 5.41) is 13.9. The largest absolute Gasteiger partial charge is 0.503 e. The van der Waals surface area contributed by atoms with E-state index in [2.05, 4.69) is 0 Å². The molecule has 0 heterocycles. The summed E-state index contributed by atoms with van der Waals surface area (Å²) in [7, 11) is 0. The predicted molar refractivity (Wildman–Crippen MR) is 22.2 cm³/mol. The van der Waals surface area contributed by atoms with E-state index in [0.717, 1.165) is 0 Å². The Bertz CT molecular complexity index is 31.8. The zero-order chi connectivity index (χ0) is 3.58. The van der Waals surface area contributed by atoms with Gasteiger partial charge in [-0.3, -0.25) is 0 Å². The number of hydrogen-bond donors (Lipinski definition) is 2. The normalized spacial score (nSPS) is 4.00. The van der Waals surface area contributed by atoms with Gasteiger partial charge in [-0.25, -0.2) is 4.79 Å². The molecular weight excluding hydrogens is 72.0 g/mol. The predicted octanol–water partition coefficient (Wildman–Crippen LogP) is -0.539. The smallest absolute Gasteiger partial charge is 0.450 e. The van der Waals surface area contributed by atoms with Crippen molar-refractivity contribution in [3.63, 3.8) is 0 Å². The minimum atomic E-state index is -1.83. The molecule has 2 N–H and O–H groups in total. The van der Waals surface area contributed by atoms with E-state index in [4.69, 9.17) is 15.0 Å². The fourth-order valence-corrected chi connectivity index (χ4v) is 0. The molecule has 0 aliphatic heterocycles. The summed E-state index contributed by atoms with van der Waals surface area (Å²) >= 11 is 0. The van der Waals surface area contributed by atoms with E-state index in [-0.39, 0.29) is 37.7 Å². The zero-order valence-electron chi connectivity index (χ0n) is 3.80. The van der Waals surface area contributed by atoms with E-state index in [0.29, 0.717) is 0 Å². The standard InChI is InChI=1S/CH2O3.2Li/c2-1(3)4;;/h(H2,2,3,4);;/i;2*1-1. The van der Waals surface area contributed by atoms with E-state index in [1.165, 1.54) is 0 Å². The second-order valence-corrected chi connectivity index (χ2v) is 0.283. The number of rotatable bonds is 0. The van der Waals surface area contributed by atoms with E-state index in [1.54, 1.807) is 0 Å². The molecule has 2 radical (unpaired) electrons. The molecule has 0 bridgehead atoms. The van der Waals surface area contributed by atoms with Crippen LogP contribution in [0.1, 0.15) is 0 Å². The van der Waals surface area contributed by atoms with Crippen LogP contribution in [-0.2, 0) is 0 Å². The molecule has 0 saturated heterocycles. The summed E-state index contributed by atoms with van der Waals surface area (Å²) in [5.41, 5.74) is 0. The van der Waals surface area contributed by atoms with Crippen LogP contribution in [0.15, 0.2) is 0 Å². The molecule has 0 unspecified atom stereocenters. The first kappa shape index (κ1) is 16.1. The van der Waals surface area contributed by atoms with Gasteiger partial charge in [-0.2, -0.15) is 0 Å². The van der Waals surface area contributed by atoms with Crippen LogP contribution in [0.25, 0.3) is 0 Å². The van der Waals surface area contributed by atoms with Crippen molar-refractivity contribution in [2.45, 2.75) is 0 Å². The van der Waals surface area contributed by atoms with Crippen molar-refractivity contribution in [3.05, 3.63) is 0 Å². The van der Waals surface area contributed by atoms with Crippen LogP contribution in [0.4, 0.5) is 4.79 Å². The quantitative estimate of drug-likeness (QED) is 0.379. The van der Waals surface area contributed by atoms with Crippen LogP contribution in [0.2, 0.25) is 0 Å². The summed E-state index contributed by atoms with van der Waals surface area (Å²) in [4.78, 5) is 8.56. The van der Waals surface area contributed by atoms with Crippen molar-refractivity contribution in [2.24, 2.45) is 0 Å². The number of carbonyl (C=O) groups is 1. The molecule has 26 valence electrons. The second-order valence-electron chi connectivity index (χ2n) is 0.283. The molecule has 0 aromatic rings. The minimum absolute atomic E-state index is 0. The third-order valence-corrected chi connectivity index (χ3v) is 0. The zero-order valence-corrected chi connectivity index (χ0v) is 3.80. The Morgan fingerprint density at radius 3 is 1.17 bits per heavy atom. The SMILES string of the molecule is O=C(O)O.[6Li].[6Li]. The van der Waals surface area contributed by atoms with Crippen molar-refractivity contribution in [3.8, 4) is 0 Å². The van der Waals surface area contributed by atoms with Gasteiger partial charge in [-0.05, 0) is 0 Å². The molecular formula is CH2Li2O3. The molecule has 3 nitrogen and oxygen atoms in total. The van der Waals surface area contributed by atoms with Crippen molar-refractivity contribution in [1.82, 2.24) is 0 Å². The first-order valence-electron chi connectivity index (χ1n) is 0.651. The van der Waals surface area contributed by atoms with Gasteiger partial charge < -0.3 is 10.2 Å². The fourth-order valence-electron chi connectivity index (χ4n) is 0. The Morgan fingerprint density at radius 2 is 1.17 bits per heavy atom. The van der Waals surface area contributed by atoms with Gasteiger partial charge in [0.1, 0.15) is 0 Å². The third kappa shape index (κ3) is 248. The first-order chi connectivity index (χ1) is 1.73. The van der Waals surface area contributed by atoms with Crippen molar-refractivity contribution < 1.29 is 15.0 Å². The first-order valence-corrected chi connectivity index (χ1v) is 0.651. The number of hydrogen-bond acceptors (Lipinski definition) is 1. The average molecular weight is 74.1 g/mol. The van der Waals surface area contributed by atoms with E-state index >= 15 is 0 Å². The van der Waals surface area contributed by atoms with Gasteiger partial charge in [0.2, 0.25) is 0 Å². The summed E-state index contributed by atoms with van der Waals surface area (Å²) in [6.45, 7) is 0. The maximum Gasteiger partial charge on any atom is 0.503 e. The Morgan fingerprint density at radius 1 is 1.17 bits per heavy atom. The van der Waals surface area contributed by atoms with Gasteiger partial charge in [0.25, 0.3) is 0 Å². The Labute approximate surface area is 59.1 Å². The molecule has 0 aliphatic carbocycles. The fraction of sp³-hybridized carbons (Fsp3) is 0. The van der Waals surface area contributed by atoms with Gasteiger partial charge in [0.05, 0.1) is 0 Å². The summed E-state index contributed by atoms with van der Waals surface area (Å²) in [6.07, 6.45) is -1.83. The summed E-state index contributed by atoms with van der Waals surface area (Å²) in [5.74, 6) is 0. The van der Waals surface area contributed by atoms with Crippen LogP contribution >= 0.6 is 0 Å². The van der Waals surface area contributed by atoms with Crippen LogP contribution in [0.3, 0.4) is 0 Å². The molecule has 0 aromatic heterocycles. The van der Waals surface area contributed by atoms with Crippen LogP contribution < -0.4 is 0 Å². The van der Waals surface area contributed by atoms with E-state index in [1.807, 2.05) is 0 Å². The van der Waals surface area contributed by atoms with Crippen LogP contribution in [0.5, 0.6) is 0 Å². The minimum Gasteiger partial charge on any atom is -0.450 e. The summed E-state index contributed by atoms with van der Waals surface area (Å²) in [6, 6.07) is 0. The molecule has 5 heteroatoms. The number of carboxylic acid groups (broad SMARTS) is 2. The van der Waals surface area contributed by atoms with Gasteiger partial charge >= 0.3 is 6.16 Å². The van der Waals surface area contributed by atoms with Crippen molar-refractivity contribution >= 4 is 43.9 Å². The van der Waals surface area contributed by atoms with Gasteiger partial charge in [0, 0.05) is 37.7 Å². The maximum absolute atomic E-state index is 8.56. The van der Waals surface area contributed by atoms with Gasteiger partial charge in [-0.1, -0.05) is 0 Å². The Balaban J connectivity index is -0.0000000450. The molecule has 0 aromatic carbocycles. The topological polar surface area (TPSA) is 57.5 Å². The molecule has 0 fully saturated rings. The third-order valence-electron chi connectivity index (χ3n) is 0. The molecule has 0 saturated carbocycles. The Hall–Kier alpha value is 0.465. The molecule has 0 aliphatic rings. The average Bonchev–Trinajstić information content (AvgIpc) is 0.811. The van der Waals surface area contributed by atoms with Gasteiger partial charge in [0.15, 0.2) is 0 Å². The molecule has 0 spiro atoms. The molecule has 0 rings (SSSR count). The monoisotopic (exact) mass is 74.0 g/mol. The molecule has 0 amide bonds. The van der Waals surface area contributed by atoms with Crippen molar-refractivity contribution in [1.29, 1.82) is 0 Å². The van der Waals surface area contributed by atoms with E-state index in [9.17, 15) is 0 Å². The molecule has 6 heavy (non-hydrogen) atoms. The van der Waals surface area contributed by atoms with Gasteiger partial charge in [-0.15, -0.1) is 0 Å². The second kappa shape index (κ2) is 9.07. The Kier molecular flexibility index (Phi) is 24.3. The summed E-state index contributed by atoms with van der Waals surface area (Å²) < 4.78 is 0. The van der Waals surface area contributed by atoms with E-state index < -0.39 is 6.16 Å². The van der Waals surface area contributed by atoms with Crippen LogP contribution in [-0.4, -0.2) is 54.1 Å². The van der Waals surface area contributed by atoms with Crippen molar-refractivity contribution in [2.75, 3.05) is 0 Å².